The molecule has 26 heavy (non-hydrogen) atoms. The van der Waals surface area contributed by atoms with E-state index >= 15 is 0 Å². The number of aromatic nitrogens is 2. The molecule has 0 spiro atoms. The molecular formula is C20H21FN4O. The quantitative estimate of drug-likeness (QED) is 0.677. The number of carbonyl (C=O) groups excluding carboxylic acids is 1. The molecular weight excluding hydrogens is 331 g/mol. The summed E-state index contributed by atoms with van der Waals surface area (Å²) in [5.74, 6) is -0.235. The molecule has 2 heterocycles. The van der Waals surface area contributed by atoms with Crippen LogP contribution in [0.5, 0.6) is 0 Å². The summed E-state index contributed by atoms with van der Waals surface area (Å²) in [5, 5.41) is 0. The number of carbonyl (C=O) groups is 1. The number of hydrogen-bond donors (Lipinski definition) is 0. The third-order valence-electron chi connectivity index (χ3n) is 5.08. The van der Waals surface area contributed by atoms with Crippen LogP contribution in [0.4, 0.5) is 10.1 Å². The largest absolute Gasteiger partial charge is 0.367 e. The summed E-state index contributed by atoms with van der Waals surface area (Å²) < 4.78 is 16.6. The van der Waals surface area contributed by atoms with Gasteiger partial charge < -0.3 is 9.80 Å². The molecule has 0 atom stereocenters. The number of anilines is 1. The van der Waals surface area contributed by atoms with E-state index in [1.54, 1.807) is 24.5 Å². The normalized spacial score (nSPS) is 15.5. The predicted octanol–water partition coefficient (Wildman–Crippen LogP) is 3.12. The molecule has 0 aliphatic carbocycles. The number of nitrogens with zero attached hydrogens (tertiary/aromatic N) is 4. The average Bonchev–Trinajstić information content (AvgIpc) is 3.11. The van der Waals surface area contributed by atoms with Crippen LogP contribution in [0.3, 0.4) is 0 Å². The highest BCUT2D eigenvalue weighted by Crippen LogP contribution is 2.26. The molecule has 0 unspecified atom stereocenters. The number of imidazole rings is 1. The molecule has 0 saturated carbocycles. The van der Waals surface area contributed by atoms with Gasteiger partial charge in [0, 0.05) is 37.8 Å². The summed E-state index contributed by atoms with van der Waals surface area (Å²) in [4.78, 5) is 19.8. The molecule has 1 aromatic heterocycles. The molecule has 0 bridgehead atoms. The summed E-state index contributed by atoms with van der Waals surface area (Å²) in [6, 6.07) is 10.6. The molecule has 134 valence electrons. The second-order valence-electron chi connectivity index (χ2n) is 6.54. The monoisotopic (exact) mass is 352 g/mol. The Hall–Kier alpha value is -2.73. The third-order valence-corrected chi connectivity index (χ3v) is 5.08. The van der Waals surface area contributed by atoms with E-state index in [2.05, 4.69) is 21.7 Å². The molecule has 6 heteroatoms. The Kier molecular flexibility index (Phi) is 4.42. The van der Waals surface area contributed by atoms with Gasteiger partial charge in [0.1, 0.15) is 18.4 Å². The molecule has 0 amide bonds. The van der Waals surface area contributed by atoms with E-state index in [0.717, 1.165) is 50.0 Å². The van der Waals surface area contributed by atoms with Crippen molar-refractivity contribution < 1.29 is 9.18 Å². The van der Waals surface area contributed by atoms with Crippen molar-refractivity contribution in [2.75, 3.05) is 37.6 Å². The first-order valence-corrected chi connectivity index (χ1v) is 8.89. The van der Waals surface area contributed by atoms with Crippen LogP contribution in [0.2, 0.25) is 0 Å². The number of piperazine rings is 1. The molecule has 2 aromatic carbocycles. The number of halogens is 1. The molecule has 1 aliphatic heterocycles. The fraction of sp³-hybridized carbons (Fsp3) is 0.300. The van der Waals surface area contributed by atoms with Crippen molar-refractivity contribution in [3.05, 3.63) is 54.1 Å². The maximum atomic E-state index is 14.8. The lowest BCUT2D eigenvalue weighted by atomic mass is 10.2. The van der Waals surface area contributed by atoms with E-state index in [1.165, 1.54) is 6.07 Å². The second-order valence-corrected chi connectivity index (χ2v) is 6.54. The van der Waals surface area contributed by atoms with Gasteiger partial charge in [-0.2, -0.15) is 0 Å². The first kappa shape index (κ1) is 16.7. The third kappa shape index (κ3) is 2.97. The molecule has 3 aromatic rings. The zero-order chi connectivity index (χ0) is 18.1. The van der Waals surface area contributed by atoms with Crippen LogP contribution in [0.15, 0.2) is 42.7 Å². The standard InChI is InChI=1S/C20H21FN4O/c1-2-23-7-9-24(10-8-23)19-6-4-16(12-17(19)21)25-14-22-18-5-3-15(13-26)11-20(18)25/h3-6,11-14H,2,7-10H2,1H3. The van der Waals surface area contributed by atoms with E-state index < -0.39 is 0 Å². The van der Waals surface area contributed by atoms with Crippen LogP contribution < -0.4 is 4.90 Å². The highest BCUT2D eigenvalue weighted by atomic mass is 19.1. The van der Waals surface area contributed by atoms with Crippen LogP contribution in [-0.2, 0) is 0 Å². The van der Waals surface area contributed by atoms with Gasteiger partial charge in [-0.05, 0) is 36.9 Å². The lowest BCUT2D eigenvalue weighted by molar-refractivity contribution is 0.112. The molecule has 5 nitrogen and oxygen atoms in total. The van der Waals surface area contributed by atoms with Crippen LogP contribution in [0, 0.1) is 5.82 Å². The van der Waals surface area contributed by atoms with Gasteiger partial charge in [-0.1, -0.05) is 6.92 Å². The van der Waals surface area contributed by atoms with Crippen LogP contribution in [-0.4, -0.2) is 53.5 Å². The summed E-state index contributed by atoms with van der Waals surface area (Å²) >= 11 is 0. The Balaban J connectivity index is 1.65. The van der Waals surface area contributed by atoms with Crippen LogP contribution in [0.25, 0.3) is 16.7 Å². The van der Waals surface area contributed by atoms with E-state index in [9.17, 15) is 9.18 Å². The molecule has 1 saturated heterocycles. The first-order valence-electron chi connectivity index (χ1n) is 8.89. The fourth-order valence-electron chi connectivity index (χ4n) is 3.51. The van der Waals surface area contributed by atoms with E-state index in [0.29, 0.717) is 16.9 Å². The van der Waals surface area contributed by atoms with Gasteiger partial charge in [0.15, 0.2) is 0 Å². The smallest absolute Gasteiger partial charge is 0.150 e. The van der Waals surface area contributed by atoms with E-state index in [4.69, 9.17) is 0 Å². The maximum absolute atomic E-state index is 14.8. The van der Waals surface area contributed by atoms with Crippen molar-refractivity contribution in [3.63, 3.8) is 0 Å². The number of likely N-dealkylation sites (N-methyl/N-ethyl adjacent to an activating group) is 1. The summed E-state index contributed by atoms with van der Waals surface area (Å²) in [7, 11) is 0. The number of aldehydes is 1. The Morgan fingerprint density at radius 3 is 2.62 bits per heavy atom. The first-order chi connectivity index (χ1) is 12.7. The number of benzene rings is 2. The highest BCUT2D eigenvalue weighted by molar-refractivity contribution is 5.86. The minimum Gasteiger partial charge on any atom is -0.367 e. The van der Waals surface area contributed by atoms with Gasteiger partial charge in [-0.25, -0.2) is 9.37 Å². The SMILES string of the molecule is CCN1CCN(c2ccc(-n3cnc4ccc(C=O)cc43)cc2F)CC1. The maximum Gasteiger partial charge on any atom is 0.150 e. The summed E-state index contributed by atoms with van der Waals surface area (Å²) in [6.45, 7) is 6.76. The van der Waals surface area contributed by atoms with Crippen molar-refractivity contribution in [3.8, 4) is 5.69 Å². The van der Waals surface area contributed by atoms with Crippen LogP contribution >= 0.6 is 0 Å². The Morgan fingerprint density at radius 1 is 1.12 bits per heavy atom. The van der Waals surface area contributed by atoms with Crippen molar-refractivity contribution in [1.82, 2.24) is 14.5 Å². The molecule has 1 aliphatic rings. The highest BCUT2D eigenvalue weighted by Gasteiger charge is 2.19. The molecule has 1 fully saturated rings. The lowest BCUT2D eigenvalue weighted by Gasteiger charge is -2.35. The Bertz CT molecular complexity index is 944. The van der Waals surface area contributed by atoms with Crippen molar-refractivity contribution in [2.45, 2.75) is 6.92 Å². The number of rotatable bonds is 4. The van der Waals surface area contributed by atoms with Gasteiger partial charge >= 0.3 is 0 Å². The topological polar surface area (TPSA) is 41.4 Å². The summed E-state index contributed by atoms with van der Waals surface area (Å²) in [5.41, 5.74) is 3.48. The molecule has 0 radical (unpaired) electrons. The Morgan fingerprint density at radius 2 is 1.92 bits per heavy atom. The van der Waals surface area contributed by atoms with Crippen LogP contribution in [0.1, 0.15) is 17.3 Å². The van der Waals surface area contributed by atoms with Gasteiger partial charge in [0.25, 0.3) is 0 Å². The Labute approximate surface area is 151 Å². The van der Waals surface area contributed by atoms with Crippen molar-refractivity contribution in [1.29, 1.82) is 0 Å². The average molecular weight is 352 g/mol. The van der Waals surface area contributed by atoms with Gasteiger partial charge in [-0.3, -0.25) is 9.36 Å². The minimum atomic E-state index is -0.235. The van der Waals surface area contributed by atoms with Gasteiger partial charge in [-0.15, -0.1) is 0 Å². The van der Waals surface area contributed by atoms with Gasteiger partial charge in [0.05, 0.1) is 22.4 Å². The van der Waals surface area contributed by atoms with Crippen molar-refractivity contribution >= 4 is 23.0 Å². The fourth-order valence-corrected chi connectivity index (χ4v) is 3.51. The van der Waals surface area contributed by atoms with Gasteiger partial charge in [0.2, 0.25) is 0 Å². The number of fused-ring (bicyclic) bond motifs is 1. The molecule has 0 N–H and O–H groups in total. The predicted molar refractivity (Wildman–Crippen MR) is 101 cm³/mol. The van der Waals surface area contributed by atoms with E-state index in [1.807, 2.05) is 16.7 Å². The van der Waals surface area contributed by atoms with E-state index in [-0.39, 0.29) is 5.82 Å². The zero-order valence-corrected chi connectivity index (χ0v) is 14.7. The lowest BCUT2D eigenvalue weighted by Crippen LogP contribution is -2.46. The zero-order valence-electron chi connectivity index (χ0n) is 14.7. The number of hydrogen-bond acceptors (Lipinski definition) is 4. The summed E-state index contributed by atoms with van der Waals surface area (Å²) in [6.07, 6.45) is 2.46. The second kappa shape index (κ2) is 6.88. The molecule has 4 rings (SSSR count). The minimum absolute atomic E-state index is 0.235. The van der Waals surface area contributed by atoms with Crippen molar-refractivity contribution in [2.24, 2.45) is 0 Å².